The highest BCUT2D eigenvalue weighted by molar-refractivity contribution is 6.02. The van der Waals surface area contributed by atoms with Crippen molar-refractivity contribution in [2.45, 2.75) is 71.1 Å². The molecule has 0 aliphatic heterocycles. The fourth-order valence-electron chi connectivity index (χ4n) is 4.90. The van der Waals surface area contributed by atoms with E-state index in [0.29, 0.717) is 24.3 Å². The fraction of sp³-hybridized carbons (Fsp3) is 0.414. The normalized spacial score (nSPS) is 16.3. The van der Waals surface area contributed by atoms with E-state index < -0.39 is 0 Å². The molecule has 1 amide bonds. The minimum atomic E-state index is -0.281. The van der Waals surface area contributed by atoms with E-state index >= 15 is 0 Å². The van der Waals surface area contributed by atoms with Gasteiger partial charge >= 0.3 is 0 Å². The molecule has 1 aliphatic carbocycles. The average Bonchev–Trinajstić information content (AvgIpc) is 3.23. The molecule has 33 heavy (non-hydrogen) atoms. The van der Waals surface area contributed by atoms with Gasteiger partial charge in [0.15, 0.2) is 5.76 Å². The molecule has 0 bridgehead atoms. The lowest BCUT2D eigenvalue weighted by Crippen LogP contribution is -2.34. The molecule has 174 valence electrons. The number of fused-ring (bicyclic) bond motifs is 1. The molecule has 0 unspecified atom stereocenters. The van der Waals surface area contributed by atoms with E-state index in [4.69, 9.17) is 4.42 Å². The van der Waals surface area contributed by atoms with Crippen molar-refractivity contribution in [3.63, 3.8) is 0 Å². The monoisotopic (exact) mass is 445 g/mol. The zero-order valence-electron chi connectivity index (χ0n) is 20.4. The van der Waals surface area contributed by atoms with Gasteiger partial charge in [0.2, 0.25) is 0 Å². The Labute approximate surface area is 197 Å². The van der Waals surface area contributed by atoms with Crippen molar-refractivity contribution in [2.75, 3.05) is 11.9 Å². The fourth-order valence-corrected chi connectivity index (χ4v) is 4.90. The van der Waals surface area contributed by atoms with Crippen LogP contribution in [0.2, 0.25) is 0 Å². The number of para-hydroxylation sites is 1. The van der Waals surface area contributed by atoms with Gasteiger partial charge in [-0.1, -0.05) is 58.0 Å². The SMILES string of the molecule is Cc1cc2c(cc1Cc1ccc(C(=O)Nc3ccccc3CCO)o1)C(C)(C)CCC2(C)C. The minimum absolute atomic E-state index is 0.0336. The van der Waals surface area contributed by atoms with Crippen LogP contribution in [0.15, 0.2) is 52.9 Å². The highest BCUT2D eigenvalue weighted by Crippen LogP contribution is 2.46. The molecule has 0 saturated carbocycles. The molecule has 2 aromatic carbocycles. The molecule has 1 aromatic heterocycles. The first-order valence-electron chi connectivity index (χ1n) is 11.8. The summed E-state index contributed by atoms with van der Waals surface area (Å²) in [7, 11) is 0. The molecule has 0 radical (unpaired) electrons. The number of aliphatic hydroxyl groups is 1. The zero-order chi connectivity index (χ0) is 23.8. The van der Waals surface area contributed by atoms with Crippen LogP contribution >= 0.6 is 0 Å². The number of furan rings is 1. The standard InChI is InChI=1S/C29H35NO3/c1-19-16-23-24(29(4,5)14-13-28(23,2)3)18-21(19)17-22-10-11-26(33-22)27(32)30-25-9-7-6-8-20(25)12-15-31/h6-11,16,18,31H,12-15,17H2,1-5H3,(H,30,32). The molecule has 0 saturated heterocycles. The van der Waals surface area contributed by atoms with Crippen molar-refractivity contribution in [3.8, 4) is 0 Å². The van der Waals surface area contributed by atoms with Crippen LogP contribution in [0.3, 0.4) is 0 Å². The maximum absolute atomic E-state index is 12.8. The van der Waals surface area contributed by atoms with E-state index in [1.54, 1.807) is 6.07 Å². The lowest BCUT2D eigenvalue weighted by molar-refractivity contribution is 0.0995. The van der Waals surface area contributed by atoms with E-state index in [2.05, 4.69) is 52.1 Å². The molecular weight excluding hydrogens is 410 g/mol. The quantitative estimate of drug-likeness (QED) is 0.467. The van der Waals surface area contributed by atoms with Crippen LogP contribution < -0.4 is 5.32 Å². The molecule has 2 N–H and O–H groups in total. The molecule has 3 aromatic rings. The van der Waals surface area contributed by atoms with Crippen molar-refractivity contribution < 1.29 is 14.3 Å². The molecule has 4 heteroatoms. The average molecular weight is 446 g/mol. The number of aryl methyl sites for hydroxylation is 1. The highest BCUT2D eigenvalue weighted by Gasteiger charge is 2.37. The van der Waals surface area contributed by atoms with Gasteiger partial charge in [-0.2, -0.15) is 0 Å². The summed E-state index contributed by atoms with van der Waals surface area (Å²) in [6, 6.07) is 15.9. The Kier molecular flexibility index (Phi) is 6.24. The molecule has 1 aliphatic rings. The van der Waals surface area contributed by atoms with Crippen molar-refractivity contribution in [1.82, 2.24) is 0 Å². The Bertz CT molecular complexity index is 1170. The Morgan fingerprint density at radius 1 is 0.970 bits per heavy atom. The van der Waals surface area contributed by atoms with Gasteiger partial charge in [0.25, 0.3) is 5.91 Å². The van der Waals surface area contributed by atoms with E-state index in [0.717, 1.165) is 11.3 Å². The van der Waals surface area contributed by atoms with Crippen LogP contribution in [-0.4, -0.2) is 17.6 Å². The number of anilines is 1. The van der Waals surface area contributed by atoms with Gasteiger partial charge in [-0.3, -0.25) is 4.79 Å². The third kappa shape index (κ3) is 4.77. The van der Waals surface area contributed by atoms with Crippen LogP contribution in [0, 0.1) is 6.92 Å². The summed E-state index contributed by atoms with van der Waals surface area (Å²) in [6.07, 6.45) is 3.52. The van der Waals surface area contributed by atoms with Crippen LogP contribution in [0.25, 0.3) is 0 Å². The molecule has 4 rings (SSSR count). The van der Waals surface area contributed by atoms with Crippen LogP contribution in [0.4, 0.5) is 5.69 Å². The number of nitrogens with one attached hydrogen (secondary N) is 1. The predicted molar refractivity (Wildman–Crippen MR) is 133 cm³/mol. The summed E-state index contributed by atoms with van der Waals surface area (Å²) >= 11 is 0. The van der Waals surface area contributed by atoms with E-state index in [1.165, 1.54) is 35.1 Å². The number of hydrogen-bond donors (Lipinski definition) is 2. The summed E-state index contributed by atoms with van der Waals surface area (Å²) in [6.45, 7) is 11.6. The van der Waals surface area contributed by atoms with Crippen LogP contribution in [-0.2, 0) is 23.7 Å². The van der Waals surface area contributed by atoms with Crippen molar-refractivity contribution in [3.05, 3.63) is 87.9 Å². The topological polar surface area (TPSA) is 62.5 Å². The maximum atomic E-state index is 12.8. The van der Waals surface area contributed by atoms with Gasteiger partial charge in [0.1, 0.15) is 5.76 Å². The van der Waals surface area contributed by atoms with Crippen LogP contribution in [0.1, 0.15) is 84.7 Å². The Hall–Kier alpha value is -2.85. The summed E-state index contributed by atoms with van der Waals surface area (Å²) in [5.41, 5.74) is 7.35. The van der Waals surface area contributed by atoms with Gasteiger partial charge in [-0.15, -0.1) is 0 Å². The Balaban J connectivity index is 1.55. The zero-order valence-corrected chi connectivity index (χ0v) is 20.4. The molecular formula is C29H35NO3. The number of carbonyl (C=O) groups is 1. The number of carbonyl (C=O) groups excluding carboxylic acids is 1. The summed E-state index contributed by atoms with van der Waals surface area (Å²) in [5, 5.41) is 12.2. The first kappa shape index (κ1) is 23.3. The minimum Gasteiger partial charge on any atom is -0.456 e. The number of benzene rings is 2. The smallest absolute Gasteiger partial charge is 0.291 e. The van der Waals surface area contributed by atoms with E-state index in [-0.39, 0.29) is 23.3 Å². The van der Waals surface area contributed by atoms with Crippen molar-refractivity contribution in [1.29, 1.82) is 0 Å². The van der Waals surface area contributed by atoms with Gasteiger partial charge in [0.05, 0.1) is 0 Å². The summed E-state index contributed by atoms with van der Waals surface area (Å²) in [5.74, 6) is 0.789. The lowest BCUT2D eigenvalue weighted by Gasteiger charge is -2.42. The molecule has 1 heterocycles. The van der Waals surface area contributed by atoms with Gasteiger partial charge in [-0.25, -0.2) is 0 Å². The van der Waals surface area contributed by atoms with Gasteiger partial charge in [0, 0.05) is 18.7 Å². The van der Waals surface area contributed by atoms with E-state index in [9.17, 15) is 9.90 Å². The summed E-state index contributed by atoms with van der Waals surface area (Å²) in [4.78, 5) is 12.8. The molecule has 4 nitrogen and oxygen atoms in total. The first-order valence-corrected chi connectivity index (χ1v) is 11.8. The second kappa shape index (κ2) is 8.83. The predicted octanol–water partition coefficient (Wildman–Crippen LogP) is 6.31. The second-order valence-electron chi connectivity index (χ2n) is 10.6. The third-order valence-corrected chi connectivity index (χ3v) is 7.21. The number of amides is 1. The summed E-state index contributed by atoms with van der Waals surface area (Å²) < 4.78 is 5.95. The number of rotatable bonds is 6. The third-order valence-electron chi connectivity index (χ3n) is 7.21. The lowest BCUT2D eigenvalue weighted by atomic mass is 9.62. The molecule has 0 spiro atoms. The second-order valence-corrected chi connectivity index (χ2v) is 10.6. The van der Waals surface area contributed by atoms with E-state index in [1.807, 2.05) is 30.3 Å². The molecule has 0 atom stereocenters. The number of hydrogen-bond acceptors (Lipinski definition) is 3. The van der Waals surface area contributed by atoms with Crippen molar-refractivity contribution in [2.24, 2.45) is 0 Å². The maximum Gasteiger partial charge on any atom is 0.291 e. The Morgan fingerprint density at radius 3 is 2.33 bits per heavy atom. The van der Waals surface area contributed by atoms with Crippen LogP contribution in [0.5, 0.6) is 0 Å². The van der Waals surface area contributed by atoms with Gasteiger partial charge in [-0.05, 0) is 83.0 Å². The largest absolute Gasteiger partial charge is 0.456 e. The number of aliphatic hydroxyl groups excluding tert-OH is 1. The van der Waals surface area contributed by atoms with Crippen molar-refractivity contribution >= 4 is 11.6 Å². The first-order chi connectivity index (χ1) is 15.6. The Morgan fingerprint density at radius 2 is 1.64 bits per heavy atom. The highest BCUT2D eigenvalue weighted by atomic mass is 16.3. The van der Waals surface area contributed by atoms with Gasteiger partial charge < -0.3 is 14.8 Å². The molecule has 0 fully saturated rings.